The molecule has 0 aliphatic rings. The van der Waals surface area contributed by atoms with Gasteiger partial charge in [-0.2, -0.15) is 5.10 Å². The fourth-order valence-electron chi connectivity index (χ4n) is 3.32. The van der Waals surface area contributed by atoms with Gasteiger partial charge >= 0.3 is 0 Å². The summed E-state index contributed by atoms with van der Waals surface area (Å²) in [4.78, 5) is 4.65. The normalized spacial score (nSPS) is 11.5. The van der Waals surface area contributed by atoms with E-state index in [2.05, 4.69) is 52.3 Å². The summed E-state index contributed by atoms with van der Waals surface area (Å²) in [6, 6.07) is 16.3. The molecule has 0 saturated heterocycles. The van der Waals surface area contributed by atoms with Crippen LogP contribution in [0.4, 0.5) is 0 Å². The molecule has 126 valence electrons. The molecule has 0 fully saturated rings. The van der Waals surface area contributed by atoms with Crippen LogP contribution < -0.4 is 0 Å². The largest absolute Gasteiger partial charge is 0.265 e. The number of aryl methyl sites for hydroxylation is 2. The van der Waals surface area contributed by atoms with Crippen molar-refractivity contribution in [2.24, 2.45) is 0 Å². The molecular weight excluding hydrogens is 324 g/mol. The Labute approximate surface area is 149 Å². The van der Waals surface area contributed by atoms with Crippen LogP contribution in [0.1, 0.15) is 11.1 Å². The lowest BCUT2D eigenvalue weighted by atomic mass is 10.1. The molecule has 0 radical (unpaired) electrons. The number of hydrogen-bond acceptors (Lipinski definition) is 4. The summed E-state index contributed by atoms with van der Waals surface area (Å²) < 4.78 is 3.77. The first-order chi connectivity index (χ1) is 12.7. The van der Waals surface area contributed by atoms with E-state index in [0.717, 1.165) is 39.3 Å². The Hall–Kier alpha value is -3.54. The van der Waals surface area contributed by atoms with Gasteiger partial charge in [-0.05, 0) is 25.5 Å². The van der Waals surface area contributed by atoms with Crippen LogP contribution in [0.15, 0.2) is 61.1 Å². The topological polar surface area (TPSA) is 60.9 Å². The minimum Gasteiger partial charge on any atom is -0.265 e. The number of rotatable bonds is 2. The maximum absolute atomic E-state index is 4.65. The third kappa shape index (κ3) is 2.12. The molecule has 0 spiro atoms. The van der Waals surface area contributed by atoms with Gasteiger partial charge in [-0.3, -0.25) is 4.40 Å². The highest BCUT2D eigenvalue weighted by molar-refractivity contribution is 5.90. The van der Waals surface area contributed by atoms with Gasteiger partial charge < -0.3 is 0 Å². The maximum atomic E-state index is 4.65. The number of hydrogen-bond donors (Lipinski definition) is 0. The minimum absolute atomic E-state index is 0.755. The van der Waals surface area contributed by atoms with Crippen LogP contribution in [0.5, 0.6) is 0 Å². The van der Waals surface area contributed by atoms with E-state index in [1.807, 2.05) is 39.4 Å². The van der Waals surface area contributed by atoms with Crippen molar-refractivity contribution in [3.8, 4) is 17.1 Å². The van der Waals surface area contributed by atoms with Gasteiger partial charge in [-0.25, -0.2) is 9.67 Å². The predicted molar refractivity (Wildman–Crippen MR) is 100 cm³/mol. The average molecular weight is 340 g/mol. The van der Waals surface area contributed by atoms with Crippen molar-refractivity contribution in [1.29, 1.82) is 0 Å². The number of fused-ring (bicyclic) bond motifs is 3. The van der Waals surface area contributed by atoms with Crippen LogP contribution in [0.3, 0.4) is 0 Å². The van der Waals surface area contributed by atoms with Crippen molar-refractivity contribution >= 4 is 16.7 Å². The highest BCUT2D eigenvalue weighted by Gasteiger charge is 2.15. The maximum Gasteiger partial charge on any atom is 0.175 e. The molecule has 0 aliphatic heterocycles. The van der Waals surface area contributed by atoms with Crippen molar-refractivity contribution < 1.29 is 0 Å². The quantitative estimate of drug-likeness (QED) is 0.491. The van der Waals surface area contributed by atoms with Crippen LogP contribution in [0.25, 0.3) is 33.8 Å². The lowest BCUT2D eigenvalue weighted by Gasteiger charge is -2.08. The van der Waals surface area contributed by atoms with Crippen molar-refractivity contribution in [2.75, 3.05) is 0 Å². The summed E-state index contributed by atoms with van der Waals surface area (Å²) >= 11 is 0. The van der Waals surface area contributed by atoms with E-state index < -0.39 is 0 Å². The van der Waals surface area contributed by atoms with Gasteiger partial charge in [0.25, 0.3) is 0 Å². The summed E-state index contributed by atoms with van der Waals surface area (Å²) in [6.45, 7) is 4.17. The molecule has 3 aromatic heterocycles. The van der Waals surface area contributed by atoms with Crippen LogP contribution in [-0.4, -0.2) is 29.4 Å². The third-order valence-electron chi connectivity index (χ3n) is 4.59. The van der Waals surface area contributed by atoms with Gasteiger partial charge in [-0.15, -0.1) is 10.2 Å². The van der Waals surface area contributed by atoms with Gasteiger partial charge in [0.05, 0.1) is 17.3 Å². The van der Waals surface area contributed by atoms with Gasteiger partial charge in [0.2, 0.25) is 0 Å². The zero-order valence-electron chi connectivity index (χ0n) is 14.5. The summed E-state index contributed by atoms with van der Waals surface area (Å²) in [5, 5.41) is 14.2. The Morgan fingerprint density at radius 2 is 1.73 bits per heavy atom. The van der Waals surface area contributed by atoms with E-state index >= 15 is 0 Å². The van der Waals surface area contributed by atoms with Crippen molar-refractivity contribution in [1.82, 2.24) is 29.4 Å². The van der Waals surface area contributed by atoms with E-state index in [1.54, 1.807) is 12.5 Å². The molecule has 0 N–H and O–H groups in total. The Balaban J connectivity index is 1.74. The smallest absolute Gasteiger partial charge is 0.175 e. The third-order valence-corrected chi connectivity index (χ3v) is 4.59. The van der Waals surface area contributed by atoms with E-state index in [0.29, 0.717) is 0 Å². The highest BCUT2D eigenvalue weighted by Crippen LogP contribution is 2.25. The minimum atomic E-state index is 0.755. The molecule has 6 heteroatoms. The van der Waals surface area contributed by atoms with Crippen LogP contribution in [0, 0.1) is 13.8 Å². The number of benzene rings is 2. The molecule has 5 aromatic rings. The van der Waals surface area contributed by atoms with E-state index in [9.17, 15) is 0 Å². The monoisotopic (exact) mass is 340 g/mol. The summed E-state index contributed by atoms with van der Waals surface area (Å²) in [7, 11) is 0. The lowest BCUT2D eigenvalue weighted by Crippen LogP contribution is -2.01. The fourth-order valence-corrected chi connectivity index (χ4v) is 3.32. The Morgan fingerprint density at radius 3 is 2.54 bits per heavy atom. The van der Waals surface area contributed by atoms with Crippen LogP contribution in [0.2, 0.25) is 0 Å². The van der Waals surface area contributed by atoms with E-state index in [-0.39, 0.29) is 0 Å². The fraction of sp³-hybridized carbons (Fsp3) is 0.100. The molecule has 0 bridgehead atoms. The molecule has 3 heterocycles. The summed E-state index contributed by atoms with van der Waals surface area (Å²) in [5.74, 6) is 0.772. The predicted octanol–water partition coefficient (Wildman–Crippen LogP) is 3.75. The van der Waals surface area contributed by atoms with Crippen LogP contribution >= 0.6 is 0 Å². The molecule has 0 amide bonds. The van der Waals surface area contributed by atoms with Gasteiger partial charge in [-0.1, -0.05) is 48.0 Å². The zero-order valence-corrected chi connectivity index (χ0v) is 14.5. The average Bonchev–Trinajstić information content (AvgIpc) is 3.26. The highest BCUT2D eigenvalue weighted by atomic mass is 15.3. The summed E-state index contributed by atoms with van der Waals surface area (Å²) in [5.41, 5.74) is 5.93. The molecule has 5 rings (SSSR count). The Morgan fingerprint density at radius 1 is 0.885 bits per heavy atom. The molecule has 0 unspecified atom stereocenters. The first-order valence-corrected chi connectivity index (χ1v) is 8.43. The van der Waals surface area contributed by atoms with Gasteiger partial charge in [0.15, 0.2) is 17.1 Å². The lowest BCUT2D eigenvalue weighted by molar-refractivity contribution is 0.885. The van der Waals surface area contributed by atoms with Crippen molar-refractivity contribution in [3.05, 3.63) is 72.2 Å². The molecular formula is C20H16N6. The number of nitrogens with zero attached hydrogens (tertiary/aromatic N) is 6. The van der Waals surface area contributed by atoms with Gasteiger partial charge in [0.1, 0.15) is 6.33 Å². The molecule has 0 atom stereocenters. The second kappa shape index (κ2) is 5.49. The Bertz CT molecular complexity index is 1250. The molecule has 0 saturated carbocycles. The van der Waals surface area contributed by atoms with Crippen molar-refractivity contribution in [3.63, 3.8) is 0 Å². The SMILES string of the molecule is Cc1ccc(-n2ncc3c2ncn2c(-c4ccccc4)nnc32)c(C)c1. The summed E-state index contributed by atoms with van der Waals surface area (Å²) in [6.07, 6.45) is 3.57. The molecule has 2 aromatic carbocycles. The van der Waals surface area contributed by atoms with Crippen LogP contribution in [-0.2, 0) is 0 Å². The molecule has 0 aliphatic carbocycles. The number of aromatic nitrogens is 6. The van der Waals surface area contributed by atoms with E-state index in [4.69, 9.17) is 0 Å². The second-order valence-corrected chi connectivity index (χ2v) is 6.41. The second-order valence-electron chi connectivity index (χ2n) is 6.41. The standard InChI is InChI=1S/C20H16N6/c1-13-8-9-17(14(2)10-13)26-19-16(11-22-26)20-24-23-18(25(20)12-21-19)15-6-4-3-5-7-15/h3-12H,1-2H3. The van der Waals surface area contributed by atoms with E-state index in [1.165, 1.54) is 5.56 Å². The molecule has 6 nitrogen and oxygen atoms in total. The first-order valence-electron chi connectivity index (χ1n) is 8.43. The molecule has 26 heavy (non-hydrogen) atoms. The Kier molecular flexibility index (Phi) is 3.12. The van der Waals surface area contributed by atoms with Gasteiger partial charge in [0, 0.05) is 5.56 Å². The zero-order chi connectivity index (χ0) is 17.7. The van der Waals surface area contributed by atoms with Crippen molar-refractivity contribution in [2.45, 2.75) is 13.8 Å². The first kappa shape index (κ1) is 14.8.